The van der Waals surface area contributed by atoms with E-state index in [9.17, 15) is 0 Å². The molecule has 0 nitrogen and oxygen atoms in total. The van der Waals surface area contributed by atoms with E-state index in [2.05, 4.69) is 13.5 Å². The number of allylic oxidation sites excluding steroid dienone is 1. The molecule has 0 aromatic carbocycles. The van der Waals surface area contributed by atoms with Crippen LogP contribution in [0.3, 0.4) is 0 Å². The van der Waals surface area contributed by atoms with Gasteiger partial charge in [0.25, 0.3) is 0 Å². The topological polar surface area (TPSA) is 0 Å². The molecule has 0 atom stereocenters. The summed E-state index contributed by atoms with van der Waals surface area (Å²) in [6, 6.07) is 0. The maximum absolute atomic E-state index is 3.44. The minimum Gasteiger partial charge on any atom is -0.242 e. The van der Waals surface area contributed by atoms with Crippen molar-refractivity contribution < 1.29 is 17.1 Å². The van der Waals surface area contributed by atoms with Crippen LogP contribution in [-0.2, 0) is 17.1 Å². The van der Waals surface area contributed by atoms with Crippen LogP contribution < -0.4 is 0 Å². The minimum atomic E-state index is 0. The van der Waals surface area contributed by atoms with Gasteiger partial charge in [0.05, 0.1) is 0 Å². The Balaban J connectivity index is 0. The molecule has 0 aromatic heterocycles. The fourth-order valence-electron chi connectivity index (χ4n) is 0. The molecule has 0 saturated carbocycles. The summed E-state index contributed by atoms with van der Waals surface area (Å²) >= 11 is 0. The molecule has 0 N–H and O–H groups in total. The first-order valence-corrected chi connectivity index (χ1v) is 1.21. The van der Waals surface area contributed by atoms with Crippen LogP contribution in [0, 0.1) is 6.92 Å². The van der Waals surface area contributed by atoms with Crippen molar-refractivity contribution in [2.24, 2.45) is 0 Å². The van der Waals surface area contributed by atoms with Crippen LogP contribution in [0.5, 0.6) is 0 Å². The van der Waals surface area contributed by atoms with Crippen LogP contribution in [0.1, 0.15) is 6.92 Å². The Morgan fingerprint density at radius 1 is 1.80 bits per heavy atom. The molecule has 0 spiro atoms. The monoisotopic (exact) mass is 118 g/mol. The van der Waals surface area contributed by atoms with Gasteiger partial charge in [0.1, 0.15) is 0 Å². The molecule has 0 rings (SSSR count). The van der Waals surface area contributed by atoms with Crippen LogP contribution >= 0.6 is 0 Å². The third-order valence-corrected chi connectivity index (χ3v) is 0. The maximum Gasteiger partial charge on any atom is 1.00 e. The van der Waals surface area contributed by atoms with E-state index in [1.54, 1.807) is 0 Å². The molecule has 0 saturated heterocycles. The molecule has 0 amide bonds. The molecular formula is C4H7Cu. The number of hydrogen-bond acceptors (Lipinski definition) is 0. The Morgan fingerprint density at radius 2 is 1.80 bits per heavy atom. The van der Waals surface area contributed by atoms with E-state index in [1.807, 2.05) is 6.92 Å². The van der Waals surface area contributed by atoms with Gasteiger partial charge in [-0.1, -0.05) is 6.92 Å². The Labute approximate surface area is 43.7 Å². The van der Waals surface area contributed by atoms with Gasteiger partial charge >= 0.3 is 17.1 Å². The third kappa shape index (κ3) is 1120. The molecular weight excluding hydrogens is 112 g/mol. The second kappa shape index (κ2) is 4.13. The summed E-state index contributed by atoms with van der Waals surface area (Å²) in [5.74, 6) is 0. The quantitative estimate of drug-likeness (QED) is 0.333. The fraction of sp³-hybridized carbons (Fsp3) is 0.250. The Hall–Kier alpha value is 0.129. The van der Waals surface area contributed by atoms with Crippen LogP contribution in [0.2, 0.25) is 0 Å². The summed E-state index contributed by atoms with van der Waals surface area (Å²) in [5.41, 5.74) is 0.917. The summed E-state index contributed by atoms with van der Waals surface area (Å²) in [6.45, 7) is 8.75. The van der Waals surface area contributed by atoms with Crippen molar-refractivity contribution in [2.45, 2.75) is 6.92 Å². The first-order chi connectivity index (χ1) is 1.73. The first kappa shape index (κ1) is 8.93. The molecule has 1 heteroatoms. The van der Waals surface area contributed by atoms with Crippen LogP contribution in [0.15, 0.2) is 12.2 Å². The minimum absolute atomic E-state index is 0. The van der Waals surface area contributed by atoms with Crippen LogP contribution in [0.25, 0.3) is 0 Å². The van der Waals surface area contributed by atoms with E-state index in [4.69, 9.17) is 0 Å². The molecule has 34 valence electrons. The van der Waals surface area contributed by atoms with Crippen molar-refractivity contribution in [3.8, 4) is 0 Å². The Bertz CT molecular complexity index is 26.6. The van der Waals surface area contributed by atoms with Crippen LogP contribution in [0.4, 0.5) is 0 Å². The van der Waals surface area contributed by atoms with Crippen molar-refractivity contribution in [3.63, 3.8) is 0 Å². The molecule has 0 aliphatic carbocycles. The summed E-state index contributed by atoms with van der Waals surface area (Å²) in [6.07, 6.45) is 0. The molecule has 0 unspecified atom stereocenters. The van der Waals surface area contributed by atoms with Gasteiger partial charge in [0.15, 0.2) is 0 Å². The van der Waals surface area contributed by atoms with Gasteiger partial charge in [-0.05, 0) is 0 Å². The number of hydrogen-bond donors (Lipinski definition) is 0. The van der Waals surface area contributed by atoms with E-state index in [-0.39, 0.29) is 17.1 Å². The largest absolute Gasteiger partial charge is 1.00 e. The summed E-state index contributed by atoms with van der Waals surface area (Å²) in [7, 11) is 0. The molecule has 0 heterocycles. The van der Waals surface area contributed by atoms with Gasteiger partial charge in [0, 0.05) is 0 Å². The maximum atomic E-state index is 3.44. The van der Waals surface area contributed by atoms with Crippen molar-refractivity contribution in [3.05, 3.63) is 19.1 Å². The second-order valence-electron chi connectivity index (χ2n) is 0.957. The molecule has 0 bridgehead atoms. The summed E-state index contributed by atoms with van der Waals surface area (Å²) in [4.78, 5) is 0. The van der Waals surface area contributed by atoms with E-state index < -0.39 is 0 Å². The molecule has 0 aromatic rings. The third-order valence-electron chi connectivity index (χ3n) is 0. The zero-order chi connectivity index (χ0) is 3.58. The van der Waals surface area contributed by atoms with Crippen LogP contribution in [-0.4, -0.2) is 0 Å². The summed E-state index contributed by atoms with van der Waals surface area (Å²) in [5, 5.41) is 0. The van der Waals surface area contributed by atoms with Gasteiger partial charge < -0.3 is 0 Å². The van der Waals surface area contributed by atoms with Gasteiger partial charge in [-0.25, -0.2) is 19.1 Å². The Kier molecular flexibility index (Phi) is 7.38. The van der Waals surface area contributed by atoms with E-state index >= 15 is 0 Å². The van der Waals surface area contributed by atoms with Crippen molar-refractivity contribution in [1.29, 1.82) is 0 Å². The first-order valence-electron chi connectivity index (χ1n) is 1.21. The molecule has 0 radical (unpaired) electrons. The second-order valence-corrected chi connectivity index (χ2v) is 0.957. The fourth-order valence-corrected chi connectivity index (χ4v) is 0. The zero-order valence-corrected chi connectivity index (χ0v) is 4.16. The molecule has 0 aliphatic rings. The normalized spacial score (nSPS) is 5.00. The average Bonchev–Trinajstić information content (AvgIpc) is 0.811. The molecule has 0 aliphatic heterocycles. The molecule has 0 fully saturated rings. The predicted octanol–water partition coefficient (Wildman–Crippen LogP) is 1.39. The molecule has 5 heavy (non-hydrogen) atoms. The SMILES string of the molecule is C=C([CH2-])C.[Cu+]. The smallest absolute Gasteiger partial charge is 0.242 e. The predicted molar refractivity (Wildman–Crippen MR) is 20.2 cm³/mol. The van der Waals surface area contributed by atoms with Gasteiger partial charge in [-0.3, -0.25) is 0 Å². The van der Waals surface area contributed by atoms with Gasteiger partial charge in [0.2, 0.25) is 0 Å². The van der Waals surface area contributed by atoms with E-state index in [0.29, 0.717) is 0 Å². The number of rotatable bonds is 0. The van der Waals surface area contributed by atoms with Gasteiger partial charge in [-0.2, -0.15) is 0 Å². The van der Waals surface area contributed by atoms with Crippen molar-refractivity contribution in [2.75, 3.05) is 0 Å². The summed E-state index contributed by atoms with van der Waals surface area (Å²) < 4.78 is 0. The van der Waals surface area contributed by atoms with E-state index in [0.717, 1.165) is 5.57 Å². The van der Waals surface area contributed by atoms with E-state index in [1.165, 1.54) is 0 Å². The Morgan fingerprint density at radius 3 is 1.80 bits per heavy atom. The average molecular weight is 119 g/mol. The van der Waals surface area contributed by atoms with Crippen molar-refractivity contribution >= 4 is 0 Å². The van der Waals surface area contributed by atoms with Gasteiger partial charge in [-0.15, -0.1) is 0 Å². The van der Waals surface area contributed by atoms with Crippen molar-refractivity contribution in [1.82, 2.24) is 0 Å². The standard InChI is InChI=1S/C4H7.Cu/c1-4(2)3;/h1-2H2,3H3;/q-1;+1. The zero-order valence-electron chi connectivity index (χ0n) is 3.22.